The van der Waals surface area contributed by atoms with Crippen LogP contribution in [0.5, 0.6) is 5.75 Å². The van der Waals surface area contributed by atoms with Gasteiger partial charge in [0.2, 0.25) is 0 Å². The minimum atomic E-state index is -4.77. The van der Waals surface area contributed by atoms with Crippen molar-refractivity contribution in [3.05, 3.63) is 24.3 Å². The molecule has 4 nitrogen and oxygen atoms in total. The van der Waals surface area contributed by atoms with Crippen molar-refractivity contribution in [2.75, 3.05) is 11.4 Å². The molecule has 0 aliphatic carbocycles. The molecule has 2 aliphatic rings. The quantitative estimate of drug-likeness (QED) is 0.780. The second-order valence-electron chi connectivity index (χ2n) is 5.21. The normalized spacial score (nSPS) is 22.0. The van der Waals surface area contributed by atoms with Gasteiger partial charge in [0.05, 0.1) is 5.69 Å². The van der Waals surface area contributed by atoms with E-state index in [-0.39, 0.29) is 17.7 Å². The molecule has 0 bridgehead atoms. The molecule has 2 aliphatic heterocycles. The van der Waals surface area contributed by atoms with Gasteiger partial charge in [0, 0.05) is 12.6 Å². The minimum Gasteiger partial charge on any atom is -0.406 e. The molecule has 0 saturated carbocycles. The lowest BCUT2D eigenvalue weighted by Gasteiger charge is -2.27. The van der Waals surface area contributed by atoms with Gasteiger partial charge < -0.3 is 9.64 Å². The van der Waals surface area contributed by atoms with E-state index in [2.05, 4.69) is 4.74 Å². The molecule has 8 heteroatoms. The maximum atomic E-state index is 12.5. The number of ether oxygens (including phenoxy) is 1. The van der Waals surface area contributed by atoms with Crippen molar-refractivity contribution in [1.82, 2.24) is 4.90 Å². The van der Waals surface area contributed by atoms with Gasteiger partial charge in [0.25, 0.3) is 5.91 Å². The van der Waals surface area contributed by atoms with Crippen LogP contribution in [0.3, 0.4) is 0 Å². The first kappa shape index (κ1) is 15.1. The van der Waals surface area contributed by atoms with Crippen molar-refractivity contribution in [1.29, 1.82) is 0 Å². The van der Waals surface area contributed by atoms with Crippen molar-refractivity contribution in [2.45, 2.75) is 31.7 Å². The van der Waals surface area contributed by atoms with Crippen LogP contribution < -0.4 is 9.64 Å². The van der Waals surface area contributed by atoms with E-state index in [1.165, 1.54) is 23.1 Å². The number of halogens is 3. The van der Waals surface area contributed by atoms with Gasteiger partial charge in [-0.1, -0.05) is 6.07 Å². The van der Waals surface area contributed by atoms with E-state index in [0.717, 1.165) is 12.8 Å². The highest BCUT2D eigenvalue weighted by molar-refractivity contribution is 7.80. The molecule has 22 heavy (non-hydrogen) atoms. The monoisotopic (exact) mass is 330 g/mol. The fourth-order valence-corrected chi connectivity index (χ4v) is 3.26. The topological polar surface area (TPSA) is 32.8 Å². The SMILES string of the molecule is O=C1C2CCCCN2C(=S)N1c1cccc(OC(F)(F)F)c1. The number of alkyl halides is 3. The number of hydrogen-bond acceptors (Lipinski definition) is 3. The number of nitrogens with zero attached hydrogens (tertiary/aromatic N) is 2. The van der Waals surface area contributed by atoms with Crippen molar-refractivity contribution in [3.8, 4) is 5.75 Å². The van der Waals surface area contributed by atoms with E-state index in [0.29, 0.717) is 23.8 Å². The summed E-state index contributed by atoms with van der Waals surface area (Å²) in [7, 11) is 0. The zero-order chi connectivity index (χ0) is 15.9. The Bertz CT molecular complexity index is 596. The van der Waals surface area contributed by atoms with Gasteiger partial charge in [-0.25, -0.2) is 0 Å². The third-order valence-corrected chi connectivity index (χ3v) is 4.17. The van der Waals surface area contributed by atoms with Crippen LogP contribution >= 0.6 is 12.2 Å². The number of benzene rings is 1. The van der Waals surface area contributed by atoms with Crippen LogP contribution in [0.25, 0.3) is 0 Å². The number of amides is 1. The lowest BCUT2D eigenvalue weighted by atomic mass is 10.0. The zero-order valence-electron chi connectivity index (χ0n) is 11.5. The van der Waals surface area contributed by atoms with Crippen LogP contribution in [-0.2, 0) is 4.79 Å². The van der Waals surface area contributed by atoms with Crippen LogP contribution in [0.4, 0.5) is 18.9 Å². The number of thiocarbonyl (C=S) groups is 1. The van der Waals surface area contributed by atoms with Crippen molar-refractivity contribution in [3.63, 3.8) is 0 Å². The van der Waals surface area contributed by atoms with E-state index in [1.54, 1.807) is 6.07 Å². The van der Waals surface area contributed by atoms with Gasteiger partial charge in [0.15, 0.2) is 5.11 Å². The van der Waals surface area contributed by atoms with E-state index in [4.69, 9.17) is 12.2 Å². The standard InChI is InChI=1S/C14H13F3N2O2S/c15-14(16,17)21-10-5-3-4-9(8-10)19-12(20)11-6-1-2-7-18(11)13(19)22/h3-5,8,11H,1-2,6-7H2. The second-order valence-corrected chi connectivity index (χ2v) is 5.57. The van der Waals surface area contributed by atoms with E-state index in [9.17, 15) is 18.0 Å². The first-order valence-electron chi connectivity index (χ1n) is 6.87. The molecule has 2 heterocycles. The lowest BCUT2D eigenvalue weighted by molar-refractivity contribution is -0.274. The maximum Gasteiger partial charge on any atom is 0.573 e. The molecule has 0 N–H and O–H groups in total. The summed E-state index contributed by atoms with van der Waals surface area (Å²) in [6.45, 7) is 0.699. The molecule has 0 aromatic heterocycles. The Kier molecular flexibility index (Phi) is 3.72. The molecule has 1 atom stereocenters. The van der Waals surface area contributed by atoms with Gasteiger partial charge in [-0.15, -0.1) is 13.2 Å². The number of carbonyl (C=O) groups is 1. The number of hydrogen-bond donors (Lipinski definition) is 0. The first-order valence-corrected chi connectivity index (χ1v) is 7.28. The van der Waals surface area contributed by atoms with Gasteiger partial charge in [-0.05, 0) is 43.6 Å². The lowest BCUT2D eigenvalue weighted by Crippen LogP contribution is -2.38. The average molecular weight is 330 g/mol. The first-order chi connectivity index (χ1) is 10.4. The fraction of sp³-hybridized carbons (Fsp3) is 0.429. The van der Waals surface area contributed by atoms with E-state index in [1.807, 2.05) is 4.90 Å². The summed E-state index contributed by atoms with van der Waals surface area (Å²) in [5.74, 6) is -0.556. The predicted octanol–water partition coefficient (Wildman–Crippen LogP) is 3.07. The van der Waals surface area contributed by atoms with Gasteiger partial charge in [0.1, 0.15) is 11.8 Å². The van der Waals surface area contributed by atoms with Gasteiger partial charge in [-0.3, -0.25) is 9.69 Å². The molecule has 0 spiro atoms. The van der Waals surface area contributed by atoms with E-state index >= 15 is 0 Å². The molecular formula is C14H13F3N2O2S. The van der Waals surface area contributed by atoms with Gasteiger partial charge in [-0.2, -0.15) is 0 Å². The molecule has 2 fully saturated rings. The molecule has 1 amide bonds. The largest absolute Gasteiger partial charge is 0.573 e. The number of rotatable bonds is 2. The molecular weight excluding hydrogens is 317 g/mol. The number of piperidine rings is 1. The molecule has 1 aromatic rings. The molecule has 118 valence electrons. The van der Waals surface area contributed by atoms with Crippen LogP contribution in [0.1, 0.15) is 19.3 Å². The Morgan fingerprint density at radius 2 is 2.05 bits per heavy atom. The highest BCUT2D eigenvalue weighted by atomic mass is 32.1. The summed E-state index contributed by atoms with van der Waals surface area (Å²) in [6.07, 6.45) is -2.16. The highest BCUT2D eigenvalue weighted by Gasteiger charge is 2.44. The fourth-order valence-electron chi connectivity index (χ4n) is 2.85. The zero-order valence-corrected chi connectivity index (χ0v) is 12.3. The van der Waals surface area contributed by atoms with Crippen molar-refractivity contribution in [2.24, 2.45) is 0 Å². The van der Waals surface area contributed by atoms with E-state index < -0.39 is 6.36 Å². The molecule has 1 unspecified atom stereocenters. The number of carbonyl (C=O) groups excluding carboxylic acids is 1. The summed E-state index contributed by atoms with van der Waals surface area (Å²) in [5.41, 5.74) is 0.297. The Hall–Kier alpha value is -1.83. The average Bonchev–Trinajstić information content (AvgIpc) is 2.70. The summed E-state index contributed by atoms with van der Waals surface area (Å²) < 4.78 is 40.8. The van der Waals surface area contributed by atoms with Crippen LogP contribution in [0.15, 0.2) is 24.3 Å². The molecule has 2 saturated heterocycles. The molecule has 3 rings (SSSR count). The molecule has 1 aromatic carbocycles. The van der Waals surface area contributed by atoms with Gasteiger partial charge >= 0.3 is 6.36 Å². The Balaban J connectivity index is 1.89. The van der Waals surface area contributed by atoms with Crippen LogP contribution in [0, 0.1) is 0 Å². The van der Waals surface area contributed by atoms with Crippen molar-refractivity contribution >= 4 is 28.9 Å². The Morgan fingerprint density at radius 3 is 2.73 bits per heavy atom. The summed E-state index contributed by atoms with van der Waals surface area (Å²) in [6, 6.07) is 5.02. The third-order valence-electron chi connectivity index (χ3n) is 3.75. The summed E-state index contributed by atoms with van der Waals surface area (Å²) in [4.78, 5) is 15.6. The smallest absolute Gasteiger partial charge is 0.406 e. The Morgan fingerprint density at radius 1 is 1.27 bits per heavy atom. The van der Waals surface area contributed by atoms with Crippen LogP contribution in [0.2, 0.25) is 0 Å². The number of anilines is 1. The number of fused-ring (bicyclic) bond motifs is 1. The second kappa shape index (κ2) is 5.42. The highest BCUT2D eigenvalue weighted by Crippen LogP contribution is 2.33. The Labute approximate surface area is 130 Å². The molecule has 0 radical (unpaired) electrons. The third kappa shape index (κ3) is 2.75. The van der Waals surface area contributed by atoms with Crippen molar-refractivity contribution < 1.29 is 22.7 Å². The van der Waals surface area contributed by atoms with Crippen LogP contribution in [-0.4, -0.2) is 34.9 Å². The predicted molar refractivity (Wildman–Crippen MR) is 77.6 cm³/mol. The summed E-state index contributed by atoms with van der Waals surface area (Å²) >= 11 is 5.32. The minimum absolute atomic E-state index is 0.186. The maximum absolute atomic E-state index is 12.5. The summed E-state index contributed by atoms with van der Waals surface area (Å²) in [5, 5.41) is 0.346.